The summed E-state index contributed by atoms with van der Waals surface area (Å²) in [5.74, 6) is 0.0646. The van der Waals surface area contributed by atoms with Crippen LogP contribution in [0.25, 0.3) is 5.57 Å². The highest BCUT2D eigenvalue weighted by Crippen LogP contribution is 2.29. The lowest BCUT2D eigenvalue weighted by molar-refractivity contribution is -0.137. The molecule has 1 aromatic rings. The van der Waals surface area contributed by atoms with Crippen LogP contribution in [0.4, 0.5) is 0 Å². The standard InChI is InChI=1S/C20H24N2O3S/c1-2-25-20(24)14-19-22(18(23)15-26-19)13-12-21-10-8-17(9-11-21)16-6-4-3-5-7-16/h3-8,14H,2,9-13,15H2,1H3/b19-14-. The maximum Gasteiger partial charge on any atom is 0.333 e. The highest BCUT2D eigenvalue weighted by Gasteiger charge is 2.28. The summed E-state index contributed by atoms with van der Waals surface area (Å²) in [6.45, 7) is 5.37. The summed E-state index contributed by atoms with van der Waals surface area (Å²) in [6.07, 6.45) is 4.72. The third kappa shape index (κ3) is 4.77. The molecule has 0 atom stereocenters. The van der Waals surface area contributed by atoms with Crippen molar-refractivity contribution in [3.05, 3.63) is 53.1 Å². The number of carbonyl (C=O) groups excluding carboxylic acids is 2. The number of esters is 1. The van der Waals surface area contributed by atoms with Gasteiger partial charge in [-0.2, -0.15) is 0 Å². The van der Waals surface area contributed by atoms with E-state index in [-0.39, 0.29) is 11.9 Å². The van der Waals surface area contributed by atoms with E-state index in [1.807, 2.05) is 6.07 Å². The van der Waals surface area contributed by atoms with Crippen molar-refractivity contribution in [2.24, 2.45) is 0 Å². The number of thioether (sulfide) groups is 1. The lowest BCUT2D eigenvalue weighted by Crippen LogP contribution is -2.37. The van der Waals surface area contributed by atoms with Crippen LogP contribution in [0, 0.1) is 0 Å². The van der Waals surface area contributed by atoms with E-state index in [4.69, 9.17) is 4.74 Å². The minimum atomic E-state index is -0.386. The van der Waals surface area contributed by atoms with Crippen molar-refractivity contribution in [1.29, 1.82) is 0 Å². The summed E-state index contributed by atoms with van der Waals surface area (Å²) in [5, 5.41) is 0.700. The molecule has 0 radical (unpaired) electrons. The van der Waals surface area contributed by atoms with Gasteiger partial charge >= 0.3 is 5.97 Å². The first kappa shape index (κ1) is 18.7. The highest BCUT2D eigenvalue weighted by molar-refractivity contribution is 8.04. The van der Waals surface area contributed by atoms with Crippen LogP contribution >= 0.6 is 11.8 Å². The number of ether oxygens (including phenoxy) is 1. The normalized spacial score (nSPS) is 19.7. The Labute approximate surface area is 158 Å². The Morgan fingerprint density at radius 2 is 2.08 bits per heavy atom. The average Bonchev–Trinajstić information content (AvgIpc) is 3.01. The molecule has 0 spiro atoms. The van der Waals surface area contributed by atoms with Crippen LogP contribution in [0.3, 0.4) is 0 Å². The van der Waals surface area contributed by atoms with Crippen molar-refractivity contribution >= 4 is 29.2 Å². The number of rotatable bonds is 6. The van der Waals surface area contributed by atoms with Crippen molar-refractivity contribution in [2.45, 2.75) is 13.3 Å². The van der Waals surface area contributed by atoms with E-state index >= 15 is 0 Å². The van der Waals surface area contributed by atoms with Gasteiger partial charge in [0.15, 0.2) is 0 Å². The zero-order valence-corrected chi connectivity index (χ0v) is 15.8. The van der Waals surface area contributed by atoms with Crippen LogP contribution in [0.15, 0.2) is 47.5 Å². The van der Waals surface area contributed by atoms with E-state index in [1.54, 1.807) is 11.8 Å². The molecule has 26 heavy (non-hydrogen) atoms. The minimum absolute atomic E-state index is 0.0584. The summed E-state index contributed by atoms with van der Waals surface area (Å²) < 4.78 is 4.95. The molecule has 2 aliphatic rings. The van der Waals surface area contributed by atoms with Crippen LogP contribution in [0.2, 0.25) is 0 Å². The second-order valence-corrected chi connectivity index (χ2v) is 7.21. The molecule has 1 fully saturated rings. The molecule has 2 heterocycles. The molecule has 138 valence electrons. The minimum Gasteiger partial charge on any atom is -0.463 e. The Morgan fingerprint density at radius 3 is 2.77 bits per heavy atom. The average molecular weight is 372 g/mol. The summed E-state index contributed by atoms with van der Waals surface area (Å²) in [7, 11) is 0. The molecule has 1 aromatic carbocycles. The van der Waals surface area contributed by atoms with E-state index in [9.17, 15) is 9.59 Å². The Hall–Kier alpha value is -2.05. The first-order valence-corrected chi connectivity index (χ1v) is 9.94. The maximum absolute atomic E-state index is 12.1. The Balaban J connectivity index is 1.54. The maximum atomic E-state index is 12.1. The van der Waals surface area contributed by atoms with Crippen LogP contribution in [0.1, 0.15) is 18.9 Å². The van der Waals surface area contributed by atoms with Gasteiger partial charge in [-0.3, -0.25) is 9.69 Å². The fourth-order valence-corrected chi connectivity index (χ4v) is 4.08. The highest BCUT2D eigenvalue weighted by atomic mass is 32.2. The third-order valence-electron chi connectivity index (χ3n) is 4.52. The second kappa shape index (κ2) is 9.05. The molecule has 1 saturated heterocycles. The van der Waals surface area contributed by atoms with Crippen molar-refractivity contribution in [3.8, 4) is 0 Å². The van der Waals surface area contributed by atoms with Gasteiger partial charge in [0.05, 0.1) is 23.5 Å². The first-order chi connectivity index (χ1) is 12.7. The van der Waals surface area contributed by atoms with Gasteiger partial charge in [-0.1, -0.05) is 48.2 Å². The Kier molecular flexibility index (Phi) is 6.52. The number of hydrogen-bond acceptors (Lipinski definition) is 5. The van der Waals surface area contributed by atoms with E-state index in [1.165, 1.54) is 29.0 Å². The van der Waals surface area contributed by atoms with Gasteiger partial charge in [-0.25, -0.2) is 4.79 Å². The zero-order valence-electron chi connectivity index (χ0n) is 15.0. The third-order valence-corrected chi connectivity index (χ3v) is 5.54. The molecule has 2 aliphatic heterocycles. The predicted molar refractivity (Wildman–Crippen MR) is 104 cm³/mol. The van der Waals surface area contributed by atoms with Crippen LogP contribution < -0.4 is 0 Å². The second-order valence-electron chi connectivity index (χ2n) is 6.21. The summed E-state index contributed by atoms with van der Waals surface area (Å²) in [4.78, 5) is 27.8. The largest absolute Gasteiger partial charge is 0.463 e. The van der Waals surface area contributed by atoms with Crippen LogP contribution in [-0.2, 0) is 14.3 Å². The summed E-state index contributed by atoms with van der Waals surface area (Å²) >= 11 is 1.40. The smallest absolute Gasteiger partial charge is 0.333 e. The van der Waals surface area contributed by atoms with Crippen molar-refractivity contribution in [1.82, 2.24) is 9.80 Å². The molecule has 1 amide bonds. The van der Waals surface area contributed by atoms with Gasteiger partial charge in [0.1, 0.15) is 0 Å². The molecule has 5 nitrogen and oxygen atoms in total. The Morgan fingerprint density at radius 1 is 1.27 bits per heavy atom. The Bertz CT molecular complexity index is 715. The number of carbonyl (C=O) groups is 2. The quantitative estimate of drug-likeness (QED) is 0.568. The van der Waals surface area contributed by atoms with Crippen LogP contribution in [0.5, 0.6) is 0 Å². The van der Waals surface area contributed by atoms with Gasteiger partial charge in [-0.15, -0.1) is 0 Å². The van der Waals surface area contributed by atoms with E-state index in [0.29, 0.717) is 23.9 Å². The number of hydrogen-bond donors (Lipinski definition) is 0. The molecule has 0 N–H and O–H groups in total. The van der Waals surface area contributed by atoms with Crippen molar-refractivity contribution in [2.75, 3.05) is 38.5 Å². The molecular weight excluding hydrogens is 348 g/mol. The van der Waals surface area contributed by atoms with Crippen molar-refractivity contribution in [3.63, 3.8) is 0 Å². The molecule has 6 heteroatoms. The molecule has 0 unspecified atom stereocenters. The van der Waals surface area contributed by atoms with Gasteiger partial charge in [0.2, 0.25) is 5.91 Å². The monoisotopic (exact) mass is 372 g/mol. The predicted octanol–water partition coefficient (Wildman–Crippen LogP) is 2.76. The number of nitrogens with zero attached hydrogens (tertiary/aromatic N) is 2. The molecule has 0 bridgehead atoms. The fourth-order valence-electron chi connectivity index (χ4n) is 3.12. The molecular formula is C20H24N2O3S. The van der Waals surface area contributed by atoms with E-state index < -0.39 is 0 Å². The lowest BCUT2D eigenvalue weighted by atomic mass is 10.00. The first-order valence-electron chi connectivity index (χ1n) is 8.96. The fraction of sp³-hybridized carbons (Fsp3) is 0.400. The van der Waals surface area contributed by atoms with Gasteiger partial charge < -0.3 is 9.64 Å². The molecule has 0 saturated carbocycles. The van der Waals surface area contributed by atoms with E-state index in [0.717, 1.165) is 26.1 Å². The van der Waals surface area contributed by atoms with Gasteiger partial charge in [0.25, 0.3) is 0 Å². The number of amides is 1. The lowest BCUT2D eigenvalue weighted by Gasteiger charge is -2.28. The SMILES string of the molecule is CCOC(=O)/C=C1\SCC(=O)N1CCN1CC=C(c2ccccc2)CC1. The molecule has 0 aromatic heterocycles. The van der Waals surface area contributed by atoms with Gasteiger partial charge in [0, 0.05) is 26.2 Å². The topological polar surface area (TPSA) is 49.9 Å². The zero-order chi connectivity index (χ0) is 18.4. The molecule has 3 rings (SSSR count). The summed E-state index contributed by atoms with van der Waals surface area (Å²) in [6, 6.07) is 10.5. The molecule has 0 aliphatic carbocycles. The number of benzene rings is 1. The van der Waals surface area contributed by atoms with Gasteiger partial charge in [-0.05, 0) is 24.5 Å². The van der Waals surface area contributed by atoms with E-state index in [2.05, 4.69) is 35.2 Å². The summed E-state index contributed by atoms with van der Waals surface area (Å²) in [5.41, 5.74) is 2.68. The van der Waals surface area contributed by atoms with Crippen LogP contribution in [-0.4, -0.2) is 60.2 Å². The van der Waals surface area contributed by atoms with Crippen molar-refractivity contribution < 1.29 is 14.3 Å².